The number of hydrogen-bond donors (Lipinski definition) is 1. The van der Waals surface area contributed by atoms with Crippen LogP contribution in [-0.4, -0.2) is 20.6 Å². The van der Waals surface area contributed by atoms with Crippen molar-refractivity contribution in [2.45, 2.75) is 347 Å². The molecule has 8 aliphatic rings. The molecule has 0 radical (unpaired) electrons. The van der Waals surface area contributed by atoms with Gasteiger partial charge in [-0.3, -0.25) is 0 Å². The first-order valence-corrected chi connectivity index (χ1v) is 43.2. The maximum Gasteiger partial charge on any atom is 0.0883 e. The second-order valence-corrected chi connectivity index (χ2v) is 45.2. The molecule has 6 aromatic carbocycles. The normalized spacial score (nSPS) is 28.6. The van der Waals surface area contributed by atoms with E-state index in [1.54, 1.807) is 5.56 Å². The summed E-state index contributed by atoms with van der Waals surface area (Å²) in [5.41, 5.74) is 23.1. The Morgan fingerprint density at radius 1 is 0.352 bits per heavy atom. The lowest BCUT2D eigenvalue weighted by Crippen LogP contribution is -2.54. The molecule has 568 valence electrons. The highest BCUT2D eigenvalue weighted by Gasteiger charge is 2.60. The largest absolute Gasteiger partial charge is 0.379 e. The van der Waals surface area contributed by atoms with Gasteiger partial charge in [-0.25, -0.2) is 0 Å². The SMILES string of the molecule is CC(C)(C)c1ccc(N(C2=CSC3(C)CCCCC23C)c2cc(C(C)(C)C)cc(Cl)c2Cl)cc1.CC(C)(C)c1ccc(N(C2=CSC3(C)CCCCC23C)c2cc(C(C)(C)C)cc(N3c4ccc(C(C)(C)C)cc4C4(C)CCCCC34C)c2Cl)cc1.CC(C)(C)c1ccc2c(c1)C1(C)CCCCC1(C)N2. The number of halogens is 3. The van der Waals surface area contributed by atoms with Crippen LogP contribution in [0.2, 0.25) is 15.1 Å². The third-order valence-corrected chi connectivity index (χ3v) is 32.3. The summed E-state index contributed by atoms with van der Waals surface area (Å²) in [6, 6.07) is 42.0. The molecule has 4 heterocycles. The van der Waals surface area contributed by atoms with Gasteiger partial charge in [-0.1, -0.05) is 287 Å². The smallest absolute Gasteiger partial charge is 0.0883 e. The maximum atomic E-state index is 8.08. The molecule has 4 aliphatic carbocycles. The number of anilines is 7. The number of hydrogen-bond acceptors (Lipinski definition) is 6. The summed E-state index contributed by atoms with van der Waals surface area (Å²) in [5, 5.41) is 10.8. The average molecular weight is 1510 g/mol. The standard InChI is InChI=1S/C48H65ClN2S.C30H39Cl2NS.C18H27N/c1-42(2,3)32-18-21-35(22-19-32)50(40-31-52-48(13)27-17-15-25-46(40,48)11)38-29-34(44(7,8)9)30-39(41(38)49)51-37-23-20-33(43(4,5)6)28-36(37)45(10)24-14-16-26-47(45,51)12;1-27(2,3)20-11-13-22(14-12-20)33(24-18-21(28(4,5)6)17-23(31)26(24)32)25-19-34-30(8)16-10-9-15-29(25,30)7;1-16(2,3)13-8-9-15-14(12-13)17(4)10-6-7-11-18(17,5)19-15/h18-23,28-31H,14-17,24-27H2,1-13H3;11-14,17-19H,9-10,15-16H2,1-8H3;8-9,12,19H,6-7,10-11H2,1-5H3. The molecule has 1 N–H and O–H groups in total. The summed E-state index contributed by atoms with van der Waals surface area (Å²) in [5.74, 6) is 0. The van der Waals surface area contributed by atoms with Gasteiger partial charge >= 0.3 is 0 Å². The summed E-state index contributed by atoms with van der Waals surface area (Å²) < 4.78 is 0.360. The Kier molecular flexibility index (Phi) is 21.0. The van der Waals surface area contributed by atoms with Gasteiger partial charge in [0.1, 0.15) is 0 Å². The molecule has 0 bridgehead atoms. The molecule has 0 amide bonds. The van der Waals surface area contributed by atoms with Crippen molar-refractivity contribution >= 4 is 98.1 Å². The average Bonchev–Trinajstić information content (AvgIpc) is 1.54. The predicted molar refractivity (Wildman–Crippen MR) is 466 cm³/mol. The van der Waals surface area contributed by atoms with Crippen molar-refractivity contribution in [3.05, 3.63) is 191 Å². The van der Waals surface area contributed by atoms with Crippen molar-refractivity contribution in [1.82, 2.24) is 0 Å². The minimum absolute atomic E-state index is 0.0214. The van der Waals surface area contributed by atoms with E-state index in [1.165, 1.54) is 164 Å². The van der Waals surface area contributed by atoms with Crippen molar-refractivity contribution in [3.8, 4) is 0 Å². The Morgan fingerprint density at radius 2 is 0.724 bits per heavy atom. The molecule has 8 unspecified atom stereocenters. The van der Waals surface area contributed by atoms with Crippen molar-refractivity contribution < 1.29 is 0 Å². The first-order chi connectivity index (χ1) is 48.5. The molecule has 0 spiro atoms. The van der Waals surface area contributed by atoms with Crippen LogP contribution in [0, 0.1) is 10.8 Å². The monoisotopic (exact) mass is 1510 g/mol. The summed E-state index contributed by atoms with van der Waals surface area (Å²) in [6.45, 7) is 61.3. The van der Waals surface area contributed by atoms with Crippen molar-refractivity contribution in [1.29, 1.82) is 0 Å². The fraction of sp³-hybridized carbons (Fsp3) is 0.583. The zero-order chi connectivity index (χ0) is 76.9. The first-order valence-electron chi connectivity index (χ1n) is 40.3. The fourth-order valence-electron chi connectivity index (χ4n) is 19.5. The first kappa shape index (κ1) is 80.1. The van der Waals surface area contributed by atoms with E-state index in [4.69, 9.17) is 34.8 Å². The van der Waals surface area contributed by atoms with E-state index in [-0.39, 0.29) is 69.3 Å². The van der Waals surface area contributed by atoms with Gasteiger partial charge in [0.15, 0.2) is 0 Å². The number of fused-ring (bicyclic) bond motifs is 8. The minimum atomic E-state index is -0.100. The number of nitrogens with one attached hydrogen (secondary N) is 1. The minimum Gasteiger partial charge on any atom is -0.379 e. The molecule has 14 rings (SSSR count). The van der Waals surface area contributed by atoms with Crippen LogP contribution in [0.3, 0.4) is 0 Å². The number of allylic oxidation sites excluding steroid dienone is 2. The van der Waals surface area contributed by atoms with Gasteiger partial charge in [-0.05, 0) is 228 Å². The van der Waals surface area contributed by atoms with Crippen LogP contribution in [0.25, 0.3) is 0 Å². The molecule has 105 heavy (non-hydrogen) atoms. The van der Waals surface area contributed by atoms with Crippen LogP contribution < -0.4 is 20.0 Å². The summed E-state index contributed by atoms with van der Waals surface area (Å²) in [6.07, 6.45) is 20.1. The Bertz CT molecular complexity index is 4330. The third kappa shape index (κ3) is 14.0. The van der Waals surface area contributed by atoms with Crippen LogP contribution in [0.15, 0.2) is 131 Å². The molecule has 8 atom stereocenters. The maximum absolute atomic E-state index is 8.08. The molecular formula is C96H131Cl3N4S2. The van der Waals surface area contributed by atoms with Crippen molar-refractivity contribution in [2.24, 2.45) is 10.8 Å². The Balaban J connectivity index is 0.000000166. The van der Waals surface area contributed by atoms with Gasteiger partial charge in [0, 0.05) is 70.8 Å². The molecular weight excluding hydrogens is 1380 g/mol. The van der Waals surface area contributed by atoms with Crippen LogP contribution in [-0.2, 0) is 43.3 Å². The van der Waals surface area contributed by atoms with E-state index in [9.17, 15) is 0 Å². The Morgan fingerprint density at radius 3 is 1.18 bits per heavy atom. The molecule has 4 nitrogen and oxygen atoms in total. The van der Waals surface area contributed by atoms with Crippen LogP contribution in [0.4, 0.5) is 39.8 Å². The lowest BCUT2D eigenvalue weighted by atomic mass is 9.61. The molecule has 4 aliphatic heterocycles. The lowest BCUT2D eigenvalue weighted by Gasteiger charge is -2.51. The summed E-state index contributed by atoms with van der Waals surface area (Å²) in [4.78, 5) is 7.69. The molecule has 4 saturated carbocycles. The van der Waals surface area contributed by atoms with Gasteiger partial charge in [0.2, 0.25) is 0 Å². The molecule has 0 saturated heterocycles. The van der Waals surface area contributed by atoms with Crippen LogP contribution in [0.1, 0.15) is 327 Å². The quantitative estimate of drug-likeness (QED) is 0.171. The summed E-state index contributed by atoms with van der Waals surface area (Å²) >= 11 is 25.9. The second-order valence-electron chi connectivity index (χ2n) is 41.3. The van der Waals surface area contributed by atoms with Crippen LogP contribution >= 0.6 is 58.3 Å². The molecule has 6 aromatic rings. The summed E-state index contributed by atoms with van der Waals surface area (Å²) in [7, 11) is 0. The Hall–Kier alpha value is -4.43. The second kappa shape index (κ2) is 27.5. The molecule has 9 heteroatoms. The van der Waals surface area contributed by atoms with E-state index in [1.807, 2.05) is 17.8 Å². The fourth-order valence-corrected chi connectivity index (χ4v) is 23.1. The van der Waals surface area contributed by atoms with Crippen molar-refractivity contribution in [3.63, 3.8) is 0 Å². The predicted octanol–water partition coefficient (Wildman–Crippen LogP) is 30.7. The number of rotatable bonds is 7. The van der Waals surface area contributed by atoms with E-state index in [0.29, 0.717) is 15.5 Å². The lowest BCUT2D eigenvalue weighted by molar-refractivity contribution is 0.194. The van der Waals surface area contributed by atoms with E-state index < -0.39 is 0 Å². The van der Waals surface area contributed by atoms with E-state index in [2.05, 4.69) is 326 Å². The number of nitrogens with zero attached hydrogens (tertiary/aromatic N) is 3. The molecule has 0 aromatic heterocycles. The van der Waals surface area contributed by atoms with Gasteiger partial charge in [-0.2, -0.15) is 0 Å². The van der Waals surface area contributed by atoms with Gasteiger partial charge in [-0.15, -0.1) is 23.5 Å². The van der Waals surface area contributed by atoms with Crippen molar-refractivity contribution in [2.75, 3.05) is 20.0 Å². The van der Waals surface area contributed by atoms with Crippen LogP contribution in [0.5, 0.6) is 0 Å². The van der Waals surface area contributed by atoms with Gasteiger partial charge in [0.05, 0.1) is 37.7 Å². The zero-order valence-corrected chi connectivity index (χ0v) is 73.6. The highest BCUT2D eigenvalue weighted by Crippen LogP contribution is 2.68. The van der Waals surface area contributed by atoms with E-state index >= 15 is 0 Å². The molecule has 4 fully saturated rings. The highest BCUT2D eigenvalue weighted by atomic mass is 35.5. The number of thioether (sulfide) groups is 2. The third-order valence-electron chi connectivity index (χ3n) is 28.1. The Labute approximate surface area is 661 Å². The van der Waals surface area contributed by atoms with Gasteiger partial charge < -0.3 is 20.0 Å². The topological polar surface area (TPSA) is 21.8 Å². The number of benzene rings is 6. The highest BCUT2D eigenvalue weighted by molar-refractivity contribution is 8.04. The van der Waals surface area contributed by atoms with Gasteiger partial charge in [0.25, 0.3) is 0 Å². The zero-order valence-electron chi connectivity index (χ0n) is 69.7. The van der Waals surface area contributed by atoms with E-state index in [0.717, 1.165) is 34.2 Å².